The molecule has 1 aliphatic carbocycles. The van der Waals surface area contributed by atoms with E-state index in [-0.39, 0.29) is 11.3 Å². The van der Waals surface area contributed by atoms with Crippen LogP contribution in [0.15, 0.2) is 18.2 Å². The molecule has 2 rings (SSSR count). The molecular formula is C17H27NO4S. The van der Waals surface area contributed by atoms with E-state index in [1.165, 1.54) is 6.26 Å². The summed E-state index contributed by atoms with van der Waals surface area (Å²) in [5, 5.41) is 3.19. The molecule has 1 fully saturated rings. The molecule has 0 heterocycles. The zero-order valence-corrected chi connectivity index (χ0v) is 15.0. The highest BCUT2D eigenvalue weighted by atomic mass is 32.2. The van der Waals surface area contributed by atoms with Crippen LogP contribution in [0, 0.1) is 0 Å². The normalized spacial score (nSPS) is 21.9. The minimum absolute atomic E-state index is 0.0684. The molecule has 0 bridgehead atoms. The third kappa shape index (κ3) is 4.85. The fourth-order valence-electron chi connectivity index (χ4n) is 3.28. The number of sulfone groups is 1. The topological polar surface area (TPSA) is 64.6 Å². The molecule has 130 valence electrons. The molecule has 2 unspecified atom stereocenters. The summed E-state index contributed by atoms with van der Waals surface area (Å²) in [7, 11) is 0.253. The van der Waals surface area contributed by atoms with Crippen LogP contribution in [0.1, 0.15) is 31.2 Å². The lowest BCUT2D eigenvalue weighted by Crippen LogP contribution is -2.46. The summed E-state index contributed by atoms with van der Waals surface area (Å²) in [6.07, 6.45) is 5.99. The number of nitrogens with one attached hydrogen (secondary N) is 1. The molecule has 0 radical (unpaired) electrons. The second-order valence-corrected chi connectivity index (χ2v) is 8.42. The van der Waals surface area contributed by atoms with Gasteiger partial charge in [-0.15, -0.1) is 0 Å². The van der Waals surface area contributed by atoms with Crippen molar-refractivity contribution in [1.82, 2.24) is 5.32 Å². The molecule has 2 atom stereocenters. The van der Waals surface area contributed by atoms with Gasteiger partial charge in [0.15, 0.2) is 21.3 Å². The van der Waals surface area contributed by atoms with Crippen LogP contribution in [-0.2, 0) is 16.3 Å². The van der Waals surface area contributed by atoms with E-state index in [0.29, 0.717) is 5.75 Å². The zero-order chi connectivity index (χ0) is 16.9. The molecule has 1 saturated carbocycles. The number of ether oxygens (including phenoxy) is 2. The molecule has 0 aromatic heterocycles. The fourth-order valence-corrected chi connectivity index (χ4v) is 4.70. The predicted molar refractivity (Wildman–Crippen MR) is 92.1 cm³/mol. The van der Waals surface area contributed by atoms with E-state index in [0.717, 1.165) is 50.0 Å². The highest BCUT2D eigenvalue weighted by molar-refractivity contribution is 7.91. The lowest BCUT2D eigenvalue weighted by molar-refractivity contribution is 0.354. The van der Waals surface area contributed by atoms with Crippen LogP contribution in [0.2, 0.25) is 0 Å². The van der Waals surface area contributed by atoms with Crippen LogP contribution < -0.4 is 14.8 Å². The molecule has 23 heavy (non-hydrogen) atoms. The number of benzene rings is 1. The van der Waals surface area contributed by atoms with Gasteiger partial charge in [0, 0.05) is 12.3 Å². The van der Waals surface area contributed by atoms with Gasteiger partial charge in [-0.25, -0.2) is 8.42 Å². The number of methoxy groups -OCH3 is 2. The quantitative estimate of drug-likeness (QED) is 0.823. The summed E-state index contributed by atoms with van der Waals surface area (Å²) in [6, 6.07) is 5.94. The summed E-state index contributed by atoms with van der Waals surface area (Å²) in [6.45, 7) is 0.756. The van der Waals surface area contributed by atoms with E-state index >= 15 is 0 Å². The molecule has 6 heteroatoms. The summed E-state index contributed by atoms with van der Waals surface area (Å²) in [4.78, 5) is 0. The Balaban J connectivity index is 1.93. The summed E-state index contributed by atoms with van der Waals surface area (Å²) < 4.78 is 34.4. The molecule has 1 N–H and O–H groups in total. The molecular weight excluding hydrogens is 314 g/mol. The SMILES string of the molecule is COc1ccc(CCNC2CCCCC2S(C)(=O)=O)cc1OC. The van der Waals surface area contributed by atoms with Gasteiger partial charge in [0.2, 0.25) is 0 Å². The first kappa shape index (κ1) is 18.1. The van der Waals surface area contributed by atoms with Crippen LogP contribution in [0.3, 0.4) is 0 Å². The Bertz CT molecular complexity index is 615. The number of rotatable bonds is 7. The number of hydrogen-bond donors (Lipinski definition) is 1. The Hall–Kier alpha value is -1.27. The molecule has 0 aliphatic heterocycles. The largest absolute Gasteiger partial charge is 0.493 e. The molecule has 0 amide bonds. The van der Waals surface area contributed by atoms with Gasteiger partial charge < -0.3 is 14.8 Å². The van der Waals surface area contributed by atoms with E-state index in [1.807, 2.05) is 18.2 Å². The predicted octanol–water partition coefficient (Wildman–Crippen LogP) is 2.19. The van der Waals surface area contributed by atoms with Gasteiger partial charge in [-0.1, -0.05) is 18.9 Å². The summed E-state index contributed by atoms with van der Waals surface area (Å²) >= 11 is 0. The van der Waals surface area contributed by atoms with Gasteiger partial charge in [0.05, 0.1) is 19.5 Å². The van der Waals surface area contributed by atoms with E-state index in [9.17, 15) is 8.42 Å². The Labute approximate surface area is 139 Å². The van der Waals surface area contributed by atoms with Crippen LogP contribution in [0.4, 0.5) is 0 Å². The molecule has 1 aromatic rings. The minimum Gasteiger partial charge on any atom is -0.493 e. The minimum atomic E-state index is -2.99. The van der Waals surface area contributed by atoms with E-state index < -0.39 is 9.84 Å². The van der Waals surface area contributed by atoms with E-state index in [4.69, 9.17) is 9.47 Å². The van der Waals surface area contributed by atoms with E-state index in [1.54, 1.807) is 14.2 Å². The Morgan fingerprint density at radius 1 is 1.13 bits per heavy atom. The lowest BCUT2D eigenvalue weighted by atomic mass is 9.94. The summed E-state index contributed by atoms with van der Waals surface area (Å²) in [5.41, 5.74) is 1.14. The van der Waals surface area contributed by atoms with Crippen molar-refractivity contribution >= 4 is 9.84 Å². The van der Waals surface area contributed by atoms with Crippen molar-refractivity contribution < 1.29 is 17.9 Å². The highest BCUT2D eigenvalue weighted by Gasteiger charge is 2.32. The molecule has 1 aliphatic rings. The van der Waals surface area contributed by atoms with Crippen LogP contribution in [-0.4, -0.2) is 46.7 Å². The Morgan fingerprint density at radius 3 is 2.48 bits per heavy atom. The third-order valence-corrected chi connectivity index (χ3v) is 6.18. The monoisotopic (exact) mass is 341 g/mol. The second-order valence-electron chi connectivity index (χ2n) is 6.15. The van der Waals surface area contributed by atoms with Gasteiger partial charge >= 0.3 is 0 Å². The van der Waals surface area contributed by atoms with Gasteiger partial charge in [0.25, 0.3) is 0 Å². The van der Waals surface area contributed by atoms with Crippen molar-refractivity contribution in [3.8, 4) is 11.5 Å². The maximum Gasteiger partial charge on any atom is 0.160 e. The molecule has 0 saturated heterocycles. The van der Waals surface area contributed by atoms with Crippen molar-refractivity contribution in [2.45, 2.75) is 43.4 Å². The standard InChI is InChI=1S/C17H27NO4S/c1-21-15-9-8-13(12-16(15)22-2)10-11-18-14-6-4-5-7-17(14)23(3,19)20/h8-9,12,14,17-18H,4-7,10-11H2,1-3H3. The molecule has 5 nitrogen and oxygen atoms in total. The smallest absolute Gasteiger partial charge is 0.160 e. The van der Waals surface area contributed by atoms with Crippen molar-refractivity contribution in [1.29, 1.82) is 0 Å². The van der Waals surface area contributed by atoms with Crippen molar-refractivity contribution in [2.75, 3.05) is 27.0 Å². The average molecular weight is 341 g/mol. The maximum absolute atomic E-state index is 11.9. The van der Waals surface area contributed by atoms with Crippen molar-refractivity contribution in [3.63, 3.8) is 0 Å². The zero-order valence-electron chi connectivity index (χ0n) is 14.2. The van der Waals surface area contributed by atoms with Gasteiger partial charge in [0.1, 0.15) is 0 Å². The fraction of sp³-hybridized carbons (Fsp3) is 0.647. The van der Waals surface area contributed by atoms with E-state index in [2.05, 4.69) is 5.32 Å². The van der Waals surface area contributed by atoms with Crippen LogP contribution in [0.25, 0.3) is 0 Å². The first-order valence-corrected chi connectivity index (χ1v) is 10.0. The molecule has 1 aromatic carbocycles. The lowest BCUT2D eigenvalue weighted by Gasteiger charge is -2.31. The number of hydrogen-bond acceptors (Lipinski definition) is 5. The highest BCUT2D eigenvalue weighted by Crippen LogP contribution is 2.28. The van der Waals surface area contributed by atoms with Crippen molar-refractivity contribution in [3.05, 3.63) is 23.8 Å². The third-order valence-electron chi connectivity index (χ3n) is 4.52. The van der Waals surface area contributed by atoms with Crippen molar-refractivity contribution in [2.24, 2.45) is 0 Å². The Kier molecular flexibility index (Phi) is 6.30. The second kappa shape index (κ2) is 8.02. The van der Waals surface area contributed by atoms with Crippen LogP contribution in [0.5, 0.6) is 11.5 Å². The van der Waals surface area contributed by atoms with Gasteiger partial charge in [-0.2, -0.15) is 0 Å². The average Bonchev–Trinajstić information content (AvgIpc) is 2.54. The first-order valence-electron chi connectivity index (χ1n) is 8.09. The van der Waals surface area contributed by atoms with Crippen LogP contribution >= 0.6 is 0 Å². The summed E-state index contributed by atoms with van der Waals surface area (Å²) in [5.74, 6) is 1.44. The van der Waals surface area contributed by atoms with Gasteiger partial charge in [-0.3, -0.25) is 0 Å². The Morgan fingerprint density at radius 2 is 1.83 bits per heavy atom. The first-order chi connectivity index (χ1) is 11.0. The maximum atomic E-state index is 11.9. The van der Waals surface area contributed by atoms with Gasteiger partial charge in [-0.05, 0) is 43.5 Å². The molecule has 0 spiro atoms.